The van der Waals surface area contributed by atoms with Crippen LogP contribution in [-0.4, -0.2) is 39.6 Å². The zero-order valence-electron chi connectivity index (χ0n) is 16.0. The Balaban J connectivity index is 1.63. The highest BCUT2D eigenvalue weighted by Crippen LogP contribution is 2.37. The van der Waals surface area contributed by atoms with Crippen molar-refractivity contribution in [2.24, 2.45) is 0 Å². The average Bonchev–Trinajstić information content (AvgIpc) is 2.80. The highest BCUT2D eigenvalue weighted by Gasteiger charge is 2.18. The van der Waals surface area contributed by atoms with Crippen molar-refractivity contribution in [2.45, 2.75) is 6.10 Å². The average molecular weight is 463 g/mol. The number of rotatable bonds is 3. The van der Waals surface area contributed by atoms with Crippen LogP contribution in [0.4, 0.5) is 5.82 Å². The van der Waals surface area contributed by atoms with Crippen LogP contribution in [0.25, 0.3) is 33.4 Å². The fourth-order valence-corrected chi connectivity index (χ4v) is 4.13. The molecule has 5 rings (SSSR count). The topological polar surface area (TPSA) is 98.8 Å². The second-order valence-electron chi connectivity index (χ2n) is 7.03. The van der Waals surface area contributed by atoms with E-state index in [1.165, 1.54) is 6.33 Å². The second-order valence-corrected chi connectivity index (χ2v) is 7.88. The number of halogens is 1. The molecule has 3 aromatic heterocycles. The van der Waals surface area contributed by atoms with Crippen LogP contribution in [0.15, 0.2) is 59.5 Å². The number of aromatic nitrogens is 4. The quantitative estimate of drug-likeness (QED) is 0.477. The summed E-state index contributed by atoms with van der Waals surface area (Å²) in [4.78, 5) is 17.9. The Morgan fingerprint density at radius 1 is 1.07 bits per heavy atom. The molecule has 3 N–H and O–H groups in total. The number of ether oxygens (including phenoxy) is 1. The molecule has 8 heteroatoms. The molecular weight excluding hydrogens is 444 g/mol. The molecule has 1 aromatic carbocycles. The molecule has 30 heavy (non-hydrogen) atoms. The van der Waals surface area contributed by atoms with E-state index in [4.69, 9.17) is 15.5 Å². The van der Waals surface area contributed by atoms with Gasteiger partial charge in [0.2, 0.25) is 0 Å². The SMILES string of the molecule is Nc1ncnc2nc(-c3ccc(C4CNCCO4)nc3)cc(-c3ccccc3Br)c12. The lowest BCUT2D eigenvalue weighted by Gasteiger charge is -2.23. The van der Waals surface area contributed by atoms with Gasteiger partial charge in [-0.15, -0.1) is 0 Å². The number of nitrogen functional groups attached to an aromatic ring is 1. The molecule has 1 atom stereocenters. The molecule has 0 aliphatic carbocycles. The summed E-state index contributed by atoms with van der Waals surface area (Å²) in [6.07, 6.45) is 3.24. The number of anilines is 1. The van der Waals surface area contributed by atoms with Crippen LogP contribution in [-0.2, 0) is 4.74 Å². The molecule has 150 valence electrons. The van der Waals surface area contributed by atoms with E-state index in [1.807, 2.05) is 48.7 Å². The minimum atomic E-state index is -0.0271. The molecule has 0 spiro atoms. The third kappa shape index (κ3) is 3.54. The summed E-state index contributed by atoms with van der Waals surface area (Å²) in [6, 6.07) is 14.0. The molecule has 1 aliphatic rings. The van der Waals surface area contributed by atoms with Crippen molar-refractivity contribution in [3.63, 3.8) is 0 Å². The molecular formula is C22H19BrN6O. The van der Waals surface area contributed by atoms with E-state index in [0.717, 1.165) is 51.0 Å². The minimum Gasteiger partial charge on any atom is -0.383 e. The number of pyridine rings is 2. The first-order valence-electron chi connectivity index (χ1n) is 9.65. The molecule has 4 heterocycles. The van der Waals surface area contributed by atoms with Gasteiger partial charge in [0, 0.05) is 29.3 Å². The van der Waals surface area contributed by atoms with Crippen molar-refractivity contribution in [1.29, 1.82) is 0 Å². The molecule has 1 saturated heterocycles. The predicted octanol–water partition coefficient (Wildman–Crippen LogP) is 3.76. The third-order valence-electron chi connectivity index (χ3n) is 5.14. The normalized spacial score (nSPS) is 16.6. The van der Waals surface area contributed by atoms with Gasteiger partial charge >= 0.3 is 0 Å². The van der Waals surface area contributed by atoms with Crippen molar-refractivity contribution < 1.29 is 4.74 Å². The van der Waals surface area contributed by atoms with Crippen molar-refractivity contribution in [1.82, 2.24) is 25.3 Å². The number of benzene rings is 1. The lowest BCUT2D eigenvalue weighted by Crippen LogP contribution is -2.33. The fourth-order valence-electron chi connectivity index (χ4n) is 3.63. The Kier molecular flexibility index (Phi) is 5.12. The van der Waals surface area contributed by atoms with Crippen LogP contribution in [0.1, 0.15) is 11.8 Å². The summed E-state index contributed by atoms with van der Waals surface area (Å²) < 4.78 is 6.75. The van der Waals surface area contributed by atoms with Crippen LogP contribution in [0.3, 0.4) is 0 Å². The summed E-state index contributed by atoms with van der Waals surface area (Å²) in [5, 5.41) is 4.06. The molecule has 4 aromatic rings. The maximum Gasteiger partial charge on any atom is 0.165 e. The van der Waals surface area contributed by atoms with E-state index in [0.29, 0.717) is 18.1 Å². The van der Waals surface area contributed by atoms with E-state index in [1.54, 1.807) is 0 Å². The van der Waals surface area contributed by atoms with Crippen LogP contribution in [0.2, 0.25) is 0 Å². The number of morpholine rings is 1. The minimum absolute atomic E-state index is 0.0271. The Morgan fingerprint density at radius 3 is 2.73 bits per heavy atom. The van der Waals surface area contributed by atoms with Crippen LogP contribution in [0, 0.1) is 0 Å². The summed E-state index contributed by atoms with van der Waals surface area (Å²) in [5.74, 6) is 0.403. The Bertz CT molecular complexity index is 1210. The van der Waals surface area contributed by atoms with Crippen LogP contribution >= 0.6 is 15.9 Å². The highest BCUT2D eigenvalue weighted by molar-refractivity contribution is 9.10. The number of nitrogens with two attached hydrogens (primary N) is 1. The summed E-state index contributed by atoms with van der Waals surface area (Å²) in [7, 11) is 0. The van der Waals surface area contributed by atoms with Crippen LogP contribution < -0.4 is 11.1 Å². The molecule has 0 radical (unpaired) electrons. The molecule has 7 nitrogen and oxygen atoms in total. The van der Waals surface area contributed by atoms with E-state index in [2.05, 4.69) is 36.2 Å². The van der Waals surface area contributed by atoms with Gasteiger partial charge < -0.3 is 15.8 Å². The van der Waals surface area contributed by atoms with Gasteiger partial charge in [0.05, 0.1) is 23.4 Å². The molecule has 1 unspecified atom stereocenters. The maximum atomic E-state index is 6.20. The van der Waals surface area contributed by atoms with Crippen molar-refractivity contribution >= 4 is 32.8 Å². The third-order valence-corrected chi connectivity index (χ3v) is 5.83. The lowest BCUT2D eigenvalue weighted by molar-refractivity contribution is 0.0250. The standard InChI is InChI=1S/C22H19BrN6O/c23-16-4-2-1-3-14(16)15-9-18(29-22-20(15)21(24)27-12-28-22)13-5-6-17(26-10-13)19-11-25-7-8-30-19/h1-6,9-10,12,19,25H,7-8,11H2,(H2,24,27,28,29). The van der Waals surface area contributed by atoms with Crippen molar-refractivity contribution in [2.75, 3.05) is 25.4 Å². The van der Waals surface area contributed by atoms with Crippen molar-refractivity contribution in [3.05, 3.63) is 65.2 Å². The first-order valence-corrected chi connectivity index (χ1v) is 10.4. The number of fused-ring (bicyclic) bond motifs is 1. The van der Waals surface area contributed by atoms with Crippen molar-refractivity contribution in [3.8, 4) is 22.4 Å². The van der Waals surface area contributed by atoms with E-state index < -0.39 is 0 Å². The largest absolute Gasteiger partial charge is 0.383 e. The Labute approximate surface area is 181 Å². The number of hydrogen-bond acceptors (Lipinski definition) is 7. The Morgan fingerprint density at radius 2 is 1.97 bits per heavy atom. The van der Waals surface area contributed by atoms with E-state index in [9.17, 15) is 0 Å². The van der Waals surface area contributed by atoms with Gasteiger partial charge in [-0.3, -0.25) is 4.98 Å². The van der Waals surface area contributed by atoms with Gasteiger partial charge in [0.1, 0.15) is 18.2 Å². The number of nitrogens with zero attached hydrogens (tertiary/aromatic N) is 4. The number of hydrogen-bond donors (Lipinski definition) is 2. The highest BCUT2D eigenvalue weighted by atomic mass is 79.9. The first kappa shape index (κ1) is 19.0. The van der Waals surface area contributed by atoms with E-state index >= 15 is 0 Å². The van der Waals surface area contributed by atoms with Crippen LogP contribution in [0.5, 0.6) is 0 Å². The smallest absolute Gasteiger partial charge is 0.165 e. The second kappa shape index (κ2) is 8.06. The molecule has 0 bridgehead atoms. The number of nitrogens with one attached hydrogen (secondary N) is 1. The summed E-state index contributed by atoms with van der Waals surface area (Å²) >= 11 is 3.64. The van der Waals surface area contributed by atoms with Gasteiger partial charge in [-0.05, 0) is 35.4 Å². The Hall–Kier alpha value is -2.94. The van der Waals surface area contributed by atoms with E-state index in [-0.39, 0.29) is 6.10 Å². The lowest BCUT2D eigenvalue weighted by atomic mass is 10.00. The van der Waals surface area contributed by atoms with Gasteiger partial charge in [-0.25, -0.2) is 15.0 Å². The maximum absolute atomic E-state index is 6.20. The zero-order chi connectivity index (χ0) is 20.5. The summed E-state index contributed by atoms with van der Waals surface area (Å²) in [5.41, 5.74) is 11.2. The molecule has 0 amide bonds. The predicted molar refractivity (Wildman–Crippen MR) is 120 cm³/mol. The molecule has 0 saturated carbocycles. The van der Waals surface area contributed by atoms with Gasteiger partial charge in [0.15, 0.2) is 5.65 Å². The van der Waals surface area contributed by atoms with Gasteiger partial charge in [-0.2, -0.15) is 0 Å². The fraction of sp³-hybridized carbons (Fsp3) is 0.182. The first-order chi connectivity index (χ1) is 14.7. The molecule has 1 fully saturated rings. The van der Waals surface area contributed by atoms with Gasteiger partial charge in [0.25, 0.3) is 0 Å². The zero-order valence-corrected chi connectivity index (χ0v) is 17.6. The monoisotopic (exact) mass is 462 g/mol. The van der Waals surface area contributed by atoms with Gasteiger partial charge in [-0.1, -0.05) is 34.1 Å². The summed E-state index contributed by atoms with van der Waals surface area (Å²) in [6.45, 7) is 2.33. The molecule has 1 aliphatic heterocycles.